The van der Waals surface area contributed by atoms with Gasteiger partial charge >= 0.3 is 0 Å². The van der Waals surface area contributed by atoms with Crippen LogP contribution in [0.25, 0.3) is 16.5 Å². The summed E-state index contributed by atoms with van der Waals surface area (Å²) in [5.74, 6) is -0.135. The molecule has 3 heterocycles. The molecule has 0 bridgehead atoms. The predicted octanol–water partition coefficient (Wildman–Crippen LogP) is 2.96. The van der Waals surface area contributed by atoms with Gasteiger partial charge in [0, 0.05) is 53.4 Å². The molecule has 1 fully saturated rings. The van der Waals surface area contributed by atoms with Gasteiger partial charge in [-0.05, 0) is 43.5 Å². The summed E-state index contributed by atoms with van der Waals surface area (Å²) in [5, 5.41) is 25.4. The van der Waals surface area contributed by atoms with Gasteiger partial charge in [-0.3, -0.25) is 9.69 Å². The average Bonchev–Trinajstić information content (AvgIpc) is 3.33. The number of carbonyl (C=O) groups excluding carboxylic acids is 1. The van der Waals surface area contributed by atoms with E-state index in [1.165, 1.54) is 0 Å². The first-order valence-corrected chi connectivity index (χ1v) is 12.0. The maximum atomic E-state index is 13.1. The smallest absolute Gasteiger partial charge is 0.253 e. The monoisotopic (exact) mass is 484 g/mol. The number of β-amino-alcohol motifs (C(OH)–C–C–N with tert-alkyl or cyclic N) is 1. The molecule has 2 aromatic heterocycles. The molecular formula is C25H29ClN4O4. The number of nitrogens with zero attached hydrogens (tertiary/aromatic N) is 1. The van der Waals surface area contributed by atoms with E-state index in [-0.39, 0.29) is 18.3 Å². The number of aryl methyl sites for hydroxylation is 1. The van der Waals surface area contributed by atoms with E-state index in [4.69, 9.17) is 16.3 Å². The Kier molecular flexibility index (Phi) is 6.40. The Labute approximate surface area is 202 Å². The summed E-state index contributed by atoms with van der Waals surface area (Å²) in [7, 11) is 0. The Bertz CT molecular complexity index is 1260. The van der Waals surface area contributed by atoms with E-state index in [0.29, 0.717) is 42.3 Å². The molecule has 1 amide bonds. The number of halogens is 1. The van der Waals surface area contributed by atoms with Crippen LogP contribution < -0.4 is 5.32 Å². The highest BCUT2D eigenvalue weighted by Gasteiger charge is 2.28. The standard InChI is InChI=1S/C25H29ClN4O4/c1-14-21(24(32)27-12-16(31)13-30-7-9-34-10-8-30)17-3-2-4-18(23(17)28-14)22-19-11-15(26)5-6-20(19)29-25(22)33/h4-6,11,16,28-29,31,33H,2-3,7-10,12-13H2,1H3,(H,27,32). The predicted molar refractivity (Wildman–Crippen MR) is 132 cm³/mol. The van der Waals surface area contributed by atoms with Crippen molar-refractivity contribution in [2.45, 2.75) is 25.9 Å². The topological polar surface area (TPSA) is 114 Å². The molecule has 1 aliphatic heterocycles. The van der Waals surface area contributed by atoms with Gasteiger partial charge in [0.1, 0.15) is 0 Å². The largest absolute Gasteiger partial charge is 0.494 e. The van der Waals surface area contributed by atoms with Crippen LogP contribution in [0.2, 0.25) is 5.02 Å². The van der Waals surface area contributed by atoms with E-state index >= 15 is 0 Å². The van der Waals surface area contributed by atoms with Crippen molar-refractivity contribution < 1.29 is 19.7 Å². The third-order valence-electron chi connectivity index (χ3n) is 6.61. The fourth-order valence-electron chi connectivity index (χ4n) is 5.02. The van der Waals surface area contributed by atoms with Crippen molar-refractivity contribution in [2.75, 3.05) is 39.4 Å². The number of aliphatic hydroxyl groups excluding tert-OH is 1. The molecule has 9 heteroatoms. The summed E-state index contributed by atoms with van der Waals surface area (Å²) in [5.41, 5.74) is 5.44. The van der Waals surface area contributed by atoms with Gasteiger partial charge in [0.2, 0.25) is 0 Å². The molecule has 0 radical (unpaired) electrons. The molecule has 3 aromatic rings. The molecule has 1 saturated heterocycles. The number of fused-ring (bicyclic) bond motifs is 2. The van der Waals surface area contributed by atoms with Gasteiger partial charge < -0.3 is 30.2 Å². The number of rotatable bonds is 6. The fourth-order valence-corrected chi connectivity index (χ4v) is 5.19. The summed E-state index contributed by atoms with van der Waals surface area (Å²) in [6.45, 7) is 5.47. The van der Waals surface area contributed by atoms with E-state index in [1.807, 2.05) is 19.1 Å². The Morgan fingerprint density at radius 1 is 1.29 bits per heavy atom. The highest BCUT2D eigenvalue weighted by Crippen LogP contribution is 2.41. The van der Waals surface area contributed by atoms with Gasteiger partial charge in [-0.2, -0.15) is 0 Å². The minimum atomic E-state index is -0.652. The van der Waals surface area contributed by atoms with E-state index in [2.05, 4.69) is 26.3 Å². The lowest BCUT2D eigenvalue weighted by atomic mass is 9.89. The second-order valence-electron chi connectivity index (χ2n) is 8.95. The molecule has 5 N–H and O–H groups in total. The lowest BCUT2D eigenvalue weighted by molar-refractivity contribution is 0.0149. The Hall–Kier alpha value is -2.78. The third-order valence-corrected chi connectivity index (χ3v) is 6.85. The van der Waals surface area contributed by atoms with Crippen molar-refractivity contribution in [1.82, 2.24) is 20.2 Å². The number of carbonyl (C=O) groups is 1. The molecule has 1 unspecified atom stereocenters. The van der Waals surface area contributed by atoms with E-state index in [9.17, 15) is 15.0 Å². The number of hydrogen-bond donors (Lipinski definition) is 5. The summed E-state index contributed by atoms with van der Waals surface area (Å²) in [4.78, 5) is 21.7. The van der Waals surface area contributed by atoms with Crippen LogP contribution >= 0.6 is 11.6 Å². The van der Waals surface area contributed by atoms with E-state index in [0.717, 1.165) is 52.9 Å². The Morgan fingerprint density at radius 2 is 2.09 bits per heavy atom. The number of nitrogens with one attached hydrogen (secondary N) is 3. The van der Waals surface area contributed by atoms with Crippen LogP contribution in [-0.4, -0.2) is 76.5 Å². The number of allylic oxidation sites excluding steroid dienone is 1. The van der Waals surface area contributed by atoms with Crippen molar-refractivity contribution in [3.63, 3.8) is 0 Å². The van der Waals surface area contributed by atoms with Gasteiger partial charge in [-0.15, -0.1) is 0 Å². The normalized spacial score (nSPS) is 17.4. The number of H-pyrrole nitrogens is 2. The van der Waals surface area contributed by atoms with Crippen LogP contribution in [0, 0.1) is 6.92 Å². The summed E-state index contributed by atoms with van der Waals surface area (Å²) in [6, 6.07) is 5.45. The van der Waals surface area contributed by atoms with Crippen molar-refractivity contribution in [3.05, 3.63) is 57.4 Å². The third kappa shape index (κ3) is 4.34. The zero-order chi connectivity index (χ0) is 23.8. The Balaban J connectivity index is 1.37. The first kappa shape index (κ1) is 23.0. The van der Waals surface area contributed by atoms with Crippen LogP contribution in [0.1, 0.15) is 39.3 Å². The van der Waals surface area contributed by atoms with Gasteiger partial charge in [0.05, 0.1) is 36.1 Å². The van der Waals surface area contributed by atoms with Crippen LogP contribution in [0.3, 0.4) is 0 Å². The number of aromatic nitrogens is 2. The second-order valence-corrected chi connectivity index (χ2v) is 9.39. The van der Waals surface area contributed by atoms with Gasteiger partial charge in [-0.1, -0.05) is 17.7 Å². The lowest BCUT2D eigenvalue weighted by Gasteiger charge is -2.28. The van der Waals surface area contributed by atoms with Gasteiger partial charge in [0.25, 0.3) is 5.91 Å². The number of ether oxygens (including phenoxy) is 1. The average molecular weight is 485 g/mol. The maximum Gasteiger partial charge on any atom is 0.253 e. The minimum Gasteiger partial charge on any atom is -0.494 e. The van der Waals surface area contributed by atoms with E-state index in [1.54, 1.807) is 6.07 Å². The maximum absolute atomic E-state index is 13.1. The fraction of sp³-hybridized carbons (Fsp3) is 0.400. The quantitative estimate of drug-likeness (QED) is 0.369. The zero-order valence-electron chi connectivity index (χ0n) is 19.1. The van der Waals surface area contributed by atoms with Crippen LogP contribution in [0.15, 0.2) is 24.3 Å². The molecule has 0 saturated carbocycles. The van der Waals surface area contributed by atoms with Crippen molar-refractivity contribution in [2.24, 2.45) is 0 Å². The Morgan fingerprint density at radius 3 is 2.88 bits per heavy atom. The molecule has 1 aliphatic carbocycles. The molecule has 8 nitrogen and oxygen atoms in total. The van der Waals surface area contributed by atoms with Crippen molar-refractivity contribution in [1.29, 1.82) is 0 Å². The zero-order valence-corrected chi connectivity index (χ0v) is 19.8. The second kappa shape index (κ2) is 9.46. The number of aliphatic hydroxyl groups is 1. The molecule has 0 spiro atoms. The number of aromatic hydroxyl groups is 1. The van der Waals surface area contributed by atoms with Crippen molar-refractivity contribution in [3.8, 4) is 5.88 Å². The van der Waals surface area contributed by atoms with Crippen LogP contribution in [0.4, 0.5) is 0 Å². The summed E-state index contributed by atoms with van der Waals surface area (Å²) < 4.78 is 5.34. The highest BCUT2D eigenvalue weighted by molar-refractivity contribution is 6.31. The van der Waals surface area contributed by atoms with Gasteiger partial charge in [-0.25, -0.2) is 0 Å². The van der Waals surface area contributed by atoms with Crippen LogP contribution in [0.5, 0.6) is 5.88 Å². The van der Waals surface area contributed by atoms with Crippen molar-refractivity contribution >= 4 is 34.0 Å². The molecule has 34 heavy (non-hydrogen) atoms. The number of amides is 1. The lowest BCUT2D eigenvalue weighted by Crippen LogP contribution is -2.44. The highest BCUT2D eigenvalue weighted by atomic mass is 35.5. The summed E-state index contributed by atoms with van der Waals surface area (Å²) in [6.07, 6.45) is 2.88. The van der Waals surface area contributed by atoms with E-state index < -0.39 is 6.10 Å². The van der Waals surface area contributed by atoms with Gasteiger partial charge in [0.15, 0.2) is 5.88 Å². The first-order valence-electron chi connectivity index (χ1n) is 11.6. The molecule has 1 aromatic carbocycles. The number of aromatic amines is 2. The summed E-state index contributed by atoms with van der Waals surface area (Å²) >= 11 is 6.23. The van der Waals surface area contributed by atoms with Crippen LogP contribution in [-0.2, 0) is 11.2 Å². The SMILES string of the molecule is Cc1[nH]c2c(c1C(=O)NCC(O)CN1CCOCC1)CCC=C2c1c(O)[nH]c2ccc(Cl)cc12. The number of benzene rings is 1. The minimum absolute atomic E-state index is 0.0702. The molecule has 2 aliphatic rings. The molecule has 5 rings (SSSR count). The number of morpholine rings is 1. The molecular weight excluding hydrogens is 456 g/mol. The number of hydrogen-bond acceptors (Lipinski definition) is 5. The molecule has 1 atom stereocenters. The first-order chi connectivity index (χ1) is 16.4. The molecule has 180 valence electrons.